The molecule has 6 heteroatoms. The first kappa shape index (κ1) is 22.8. The van der Waals surface area contributed by atoms with E-state index in [0.29, 0.717) is 35.1 Å². The Kier molecular flexibility index (Phi) is 12.2. The highest BCUT2D eigenvalue weighted by atomic mass is 35.5. The maximum atomic E-state index is 11.8. The van der Waals surface area contributed by atoms with Gasteiger partial charge in [-0.2, -0.15) is 0 Å². The second-order valence-electron chi connectivity index (χ2n) is 6.24. The van der Waals surface area contributed by atoms with Crippen molar-refractivity contribution in [2.75, 3.05) is 6.61 Å². The largest absolute Gasteiger partial charge is 0.466 e. The molecule has 4 nitrogen and oxygen atoms in total. The van der Waals surface area contributed by atoms with Gasteiger partial charge in [0.25, 0.3) is 0 Å². The molecular weight excluding hydrogens is 375 g/mol. The van der Waals surface area contributed by atoms with Gasteiger partial charge < -0.3 is 9.47 Å². The topological polar surface area (TPSA) is 52.6 Å². The molecule has 0 aromatic heterocycles. The molecule has 0 fully saturated rings. The number of halogens is 2. The van der Waals surface area contributed by atoms with E-state index in [1.54, 1.807) is 18.2 Å². The predicted molar refractivity (Wildman–Crippen MR) is 104 cm³/mol. The minimum atomic E-state index is -0.222. The van der Waals surface area contributed by atoms with Gasteiger partial charge in [-0.25, -0.2) is 0 Å². The maximum absolute atomic E-state index is 11.8. The monoisotopic (exact) mass is 402 g/mol. The van der Waals surface area contributed by atoms with E-state index in [4.69, 9.17) is 32.7 Å². The average molecular weight is 403 g/mol. The Labute approximate surface area is 166 Å². The van der Waals surface area contributed by atoms with Gasteiger partial charge in [0, 0.05) is 28.5 Å². The van der Waals surface area contributed by atoms with Crippen molar-refractivity contribution >= 4 is 35.1 Å². The Morgan fingerprint density at radius 1 is 0.885 bits per heavy atom. The summed E-state index contributed by atoms with van der Waals surface area (Å²) in [7, 11) is 0. The van der Waals surface area contributed by atoms with Crippen molar-refractivity contribution in [1.82, 2.24) is 0 Å². The molecular formula is C20H28Cl2O4. The highest BCUT2D eigenvalue weighted by Gasteiger charge is 2.07. The maximum Gasteiger partial charge on any atom is 0.306 e. The van der Waals surface area contributed by atoms with E-state index in [2.05, 4.69) is 0 Å². The molecule has 0 atom stereocenters. The summed E-state index contributed by atoms with van der Waals surface area (Å²) in [5.74, 6) is -0.325. The van der Waals surface area contributed by atoms with Crippen LogP contribution in [-0.2, 0) is 25.7 Å². The summed E-state index contributed by atoms with van der Waals surface area (Å²) in [6.07, 6.45) is 7.55. The lowest BCUT2D eigenvalue weighted by Gasteiger charge is -2.07. The van der Waals surface area contributed by atoms with Gasteiger partial charge >= 0.3 is 11.9 Å². The molecule has 0 aliphatic heterocycles. The molecule has 0 aliphatic carbocycles. The first-order valence-electron chi connectivity index (χ1n) is 9.28. The SMILES string of the molecule is CCCOC(=O)CCCCCCCCC(=O)OCc1cc(Cl)ccc1Cl. The number of hydrogen-bond acceptors (Lipinski definition) is 4. The molecule has 1 aromatic rings. The predicted octanol–water partition coefficient (Wildman–Crippen LogP) is 6.11. The molecule has 0 saturated carbocycles. The van der Waals surface area contributed by atoms with Gasteiger partial charge in [0.2, 0.25) is 0 Å². The molecule has 0 spiro atoms. The molecule has 26 heavy (non-hydrogen) atoms. The average Bonchev–Trinajstić information content (AvgIpc) is 2.62. The van der Waals surface area contributed by atoms with Gasteiger partial charge in [-0.15, -0.1) is 0 Å². The number of unbranched alkanes of at least 4 members (excludes halogenated alkanes) is 5. The fourth-order valence-electron chi connectivity index (χ4n) is 2.42. The standard InChI is InChI=1S/C20H28Cl2O4/c1-2-13-25-19(23)9-7-5-3-4-6-8-10-20(24)26-15-16-14-17(21)11-12-18(16)22/h11-12,14H,2-10,13,15H2,1H3. The highest BCUT2D eigenvalue weighted by molar-refractivity contribution is 6.33. The third kappa shape index (κ3) is 10.7. The lowest BCUT2D eigenvalue weighted by atomic mass is 10.1. The molecule has 0 amide bonds. The third-order valence-electron chi connectivity index (χ3n) is 3.88. The van der Waals surface area contributed by atoms with E-state index in [-0.39, 0.29) is 18.5 Å². The Hall–Kier alpha value is -1.26. The van der Waals surface area contributed by atoms with Crippen LogP contribution in [0.2, 0.25) is 10.0 Å². The van der Waals surface area contributed by atoms with Gasteiger partial charge in [0.1, 0.15) is 6.61 Å². The van der Waals surface area contributed by atoms with E-state index in [9.17, 15) is 9.59 Å². The lowest BCUT2D eigenvalue weighted by molar-refractivity contribution is -0.145. The number of hydrogen-bond donors (Lipinski definition) is 0. The van der Waals surface area contributed by atoms with Gasteiger partial charge in [0.15, 0.2) is 0 Å². The first-order valence-corrected chi connectivity index (χ1v) is 10.0. The zero-order valence-corrected chi connectivity index (χ0v) is 16.9. The van der Waals surface area contributed by atoms with Crippen molar-refractivity contribution in [3.63, 3.8) is 0 Å². The summed E-state index contributed by atoms with van der Waals surface area (Å²) in [5.41, 5.74) is 0.713. The van der Waals surface area contributed by atoms with E-state index < -0.39 is 0 Å². The second-order valence-corrected chi connectivity index (χ2v) is 7.08. The zero-order valence-electron chi connectivity index (χ0n) is 15.4. The molecule has 1 rings (SSSR count). The smallest absolute Gasteiger partial charge is 0.306 e. The number of ether oxygens (including phenoxy) is 2. The van der Waals surface area contributed by atoms with Crippen molar-refractivity contribution in [2.45, 2.75) is 71.3 Å². The number of benzene rings is 1. The first-order chi connectivity index (χ1) is 12.5. The van der Waals surface area contributed by atoms with Crippen LogP contribution in [0, 0.1) is 0 Å². The molecule has 0 unspecified atom stereocenters. The van der Waals surface area contributed by atoms with Crippen LogP contribution in [-0.4, -0.2) is 18.5 Å². The molecule has 0 aliphatic rings. The number of rotatable bonds is 13. The van der Waals surface area contributed by atoms with Gasteiger partial charge in [-0.3, -0.25) is 9.59 Å². The van der Waals surface area contributed by atoms with Crippen LogP contribution >= 0.6 is 23.2 Å². The fraction of sp³-hybridized carbons (Fsp3) is 0.600. The second kappa shape index (κ2) is 13.9. The van der Waals surface area contributed by atoms with Gasteiger partial charge in [-0.1, -0.05) is 55.8 Å². The molecule has 0 N–H and O–H groups in total. The summed E-state index contributed by atoms with van der Waals surface area (Å²) in [5, 5.41) is 1.11. The Morgan fingerprint density at radius 3 is 2.08 bits per heavy atom. The van der Waals surface area contributed by atoms with Gasteiger partial charge in [-0.05, 0) is 37.5 Å². The summed E-state index contributed by atoms with van der Waals surface area (Å²) >= 11 is 11.9. The van der Waals surface area contributed by atoms with Crippen LogP contribution in [0.15, 0.2) is 18.2 Å². The minimum Gasteiger partial charge on any atom is -0.466 e. The highest BCUT2D eigenvalue weighted by Crippen LogP contribution is 2.21. The normalized spacial score (nSPS) is 10.6. The lowest BCUT2D eigenvalue weighted by Crippen LogP contribution is -2.05. The summed E-state index contributed by atoms with van der Waals surface area (Å²) < 4.78 is 10.3. The van der Waals surface area contributed by atoms with Crippen LogP contribution in [0.3, 0.4) is 0 Å². The van der Waals surface area contributed by atoms with Crippen molar-refractivity contribution in [3.8, 4) is 0 Å². The van der Waals surface area contributed by atoms with E-state index >= 15 is 0 Å². The molecule has 1 aromatic carbocycles. The molecule has 0 bridgehead atoms. The third-order valence-corrected chi connectivity index (χ3v) is 4.48. The number of carbonyl (C=O) groups excluding carboxylic acids is 2. The van der Waals surface area contributed by atoms with E-state index in [1.165, 1.54) is 0 Å². The summed E-state index contributed by atoms with van der Waals surface area (Å²) in [6.45, 7) is 2.64. The zero-order chi connectivity index (χ0) is 19.2. The summed E-state index contributed by atoms with van der Waals surface area (Å²) in [4.78, 5) is 23.1. The Balaban J connectivity index is 2.00. The van der Waals surface area contributed by atoms with Crippen LogP contribution in [0.4, 0.5) is 0 Å². The minimum absolute atomic E-state index is 0.102. The number of carbonyl (C=O) groups is 2. The molecule has 0 saturated heterocycles. The van der Waals surface area contributed by atoms with Crippen LogP contribution in [0.25, 0.3) is 0 Å². The van der Waals surface area contributed by atoms with Gasteiger partial charge in [0.05, 0.1) is 6.61 Å². The molecule has 146 valence electrons. The fourth-order valence-corrected chi connectivity index (χ4v) is 2.78. The Bertz CT molecular complexity index is 561. The van der Waals surface area contributed by atoms with Crippen LogP contribution in [0.1, 0.15) is 70.3 Å². The number of esters is 2. The van der Waals surface area contributed by atoms with Crippen LogP contribution < -0.4 is 0 Å². The van der Waals surface area contributed by atoms with E-state index in [0.717, 1.165) is 44.9 Å². The summed E-state index contributed by atoms with van der Waals surface area (Å²) in [6, 6.07) is 5.09. The van der Waals surface area contributed by atoms with Crippen molar-refractivity contribution < 1.29 is 19.1 Å². The van der Waals surface area contributed by atoms with Crippen molar-refractivity contribution in [2.24, 2.45) is 0 Å². The van der Waals surface area contributed by atoms with Crippen molar-refractivity contribution in [3.05, 3.63) is 33.8 Å². The quantitative estimate of drug-likeness (QED) is 0.295. The van der Waals surface area contributed by atoms with E-state index in [1.807, 2.05) is 6.92 Å². The molecule has 0 radical (unpaired) electrons. The van der Waals surface area contributed by atoms with Crippen LogP contribution in [0.5, 0.6) is 0 Å². The van der Waals surface area contributed by atoms with Crippen molar-refractivity contribution in [1.29, 1.82) is 0 Å². The molecule has 0 heterocycles. The Morgan fingerprint density at radius 2 is 1.46 bits per heavy atom.